The van der Waals surface area contributed by atoms with Crippen LogP contribution in [0.15, 0.2) is 65.5 Å². The van der Waals surface area contributed by atoms with Crippen LogP contribution in [0.1, 0.15) is 5.56 Å². The summed E-state index contributed by atoms with van der Waals surface area (Å²) in [5.41, 5.74) is 1.60. The minimum Gasteiger partial charge on any atom is -0.334 e. The highest BCUT2D eigenvalue weighted by atomic mass is 79.9. The number of rotatable bonds is 4. The third-order valence-corrected chi connectivity index (χ3v) is 3.66. The second-order valence-corrected chi connectivity index (χ2v) is 5.67. The molecule has 2 heterocycles. The van der Waals surface area contributed by atoms with E-state index in [0.717, 1.165) is 15.7 Å². The van der Waals surface area contributed by atoms with Gasteiger partial charge in [-0.05, 0) is 36.4 Å². The van der Waals surface area contributed by atoms with Gasteiger partial charge in [0.1, 0.15) is 0 Å². The molecule has 7 heteroatoms. The second-order valence-electron chi connectivity index (χ2n) is 4.75. The summed E-state index contributed by atoms with van der Waals surface area (Å²) in [5, 5.41) is 9.77. The lowest BCUT2D eigenvalue weighted by Crippen LogP contribution is -2.28. The van der Waals surface area contributed by atoms with Crippen molar-refractivity contribution in [3.05, 3.63) is 71.1 Å². The van der Waals surface area contributed by atoms with Gasteiger partial charge >= 0.3 is 6.03 Å². The van der Waals surface area contributed by atoms with Crippen molar-refractivity contribution in [2.75, 3.05) is 5.32 Å². The fourth-order valence-corrected chi connectivity index (χ4v) is 2.32. The number of benzene rings is 1. The molecule has 3 rings (SSSR count). The molecule has 2 aromatic heterocycles. The number of carbonyl (C=O) groups excluding carboxylic acids is 1. The highest BCUT2D eigenvalue weighted by molar-refractivity contribution is 9.10. The van der Waals surface area contributed by atoms with E-state index in [1.807, 2.05) is 48.7 Å². The molecule has 23 heavy (non-hydrogen) atoms. The Morgan fingerprint density at radius 1 is 1.13 bits per heavy atom. The van der Waals surface area contributed by atoms with Gasteiger partial charge in [-0.3, -0.25) is 0 Å². The highest BCUT2D eigenvalue weighted by Gasteiger charge is 2.08. The topological polar surface area (TPSA) is 71.8 Å². The van der Waals surface area contributed by atoms with Crippen LogP contribution < -0.4 is 10.6 Å². The summed E-state index contributed by atoms with van der Waals surface area (Å²) >= 11 is 3.36. The number of nitrogens with one attached hydrogen (secondary N) is 2. The van der Waals surface area contributed by atoms with Crippen molar-refractivity contribution in [2.45, 2.75) is 6.54 Å². The van der Waals surface area contributed by atoms with Crippen molar-refractivity contribution >= 4 is 27.6 Å². The van der Waals surface area contributed by atoms with E-state index in [9.17, 15) is 4.79 Å². The van der Waals surface area contributed by atoms with Crippen LogP contribution in [0.25, 0.3) is 5.82 Å². The van der Waals surface area contributed by atoms with E-state index in [1.165, 1.54) is 0 Å². The molecule has 0 unspecified atom stereocenters. The maximum absolute atomic E-state index is 12.0. The Kier molecular flexibility index (Phi) is 4.68. The summed E-state index contributed by atoms with van der Waals surface area (Å²) in [6.45, 7) is 0.353. The smallest absolute Gasteiger partial charge is 0.319 e. The van der Waals surface area contributed by atoms with Gasteiger partial charge in [0.15, 0.2) is 5.82 Å². The molecule has 0 atom stereocenters. The quantitative estimate of drug-likeness (QED) is 0.738. The van der Waals surface area contributed by atoms with E-state index >= 15 is 0 Å². The average molecular weight is 372 g/mol. The van der Waals surface area contributed by atoms with E-state index < -0.39 is 0 Å². The summed E-state index contributed by atoms with van der Waals surface area (Å²) in [5.74, 6) is 0.696. The first-order valence-corrected chi connectivity index (χ1v) is 7.76. The molecule has 0 saturated heterocycles. The second kappa shape index (κ2) is 7.06. The van der Waals surface area contributed by atoms with Gasteiger partial charge in [-0.2, -0.15) is 5.10 Å². The maximum atomic E-state index is 12.0. The number of nitrogens with zero attached hydrogens (tertiary/aromatic N) is 3. The van der Waals surface area contributed by atoms with E-state index in [-0.39, 0.29) is 6.03 Å². The van der Waals surface area contributed by atoms with Gasteiger partial charge < -0.3 is 10.6 Å². The lowest BCUT2D eigenvalue weighted by molar-refractivity contribution is 0.251. The van der Waals surface area contributed by atoms with Crippen molar-refractivity contribution in [3.63, 3.8) is 0 Å². The van der Waals surface area contributed by atoms with Gasteiger partial charge in [0.25, 0.3) is 0 Å². The molecule has 3 aromatic rings. The Hall–Kier alpha value is -2.67. The molecule has 0 spiro atoms. The molecule has 0 aliphatic carbocycles. The van der Waals surface area contributed by atoms with E-state index in [4.69, 9.17) is 0 Å². The van der Waals surface area contributed by atoms with Gasteiger partial charge in [-0.15, -0.1) is 0 Å². The van der Waals surface area contributed by atoms with Crippen molar-refractivity contribution in [1.82, 2.24) is 20.1 Å². The summed E-state index contributed by atoms with van der Waals surface area (Å²) in [4.78, 5) is 16.3. The molecular weight excluding hydrogens is 358 g/mol. The summed E-state index contributed by atoms with van der Waals surface area (Å²) in [7, 11) is 0. The van der Waals surface area contributed by atoms with Crippen LogP contribution in [0, 0.1) is 0 Å². The fraction of sp³-hybridized carbons (Fsp3) is 0.0625. The van der Waals surface area contributed by atoms with Crippen molar-refractivity contribution < 1.29 is 4.79 Å². The standard InChI is InChI=1S/C16H14BrN5O/c17-13-4-6-14(7-5-13)21-16(23)19-11-12-3-1-8-18-15(12)22-10-2-9-20-22/h1-10H,11H2,(H2,19,21,23). The van der Waals surface area contributed by atoms with Crippen LogP contribution in [-0.4, -0.2) is 20.8 Å². The van der Waals surface area contributed by atoms with Crippen molar-refractivity contribution in [1.29, 1.82) is 0 Å². The van der Waals surface area contributed by atoms with Gasteiger partial charge in [0.2, 0.25) is 0 Å². The van der Waals surface area contributed by atoms with Crippen molar-refractivity contribution in [2.24, 2.45) is 0 Å². The van der Waals surface area contributed by atoms with Gasteiger partial charge in [-0.25, -0.2) is 14.5 Å². The Labute approximate surface area is 141 Å². The molecule has 0 saturated carbocycles. The lowest BCUT2D eigenvalue weighted by Gasteiger charge is -2.10. The lowest BCUT2D eigenvalue weighted by atomic mass is 10.2. The molecule has 2 amide bonds. The Bertz CT molecular complexity index is 786. The van der Waals surface area contributed by atoms with Crippen LogP contribution in [0.5, 0.6) is 0 Å². The minimum absolute atomic E-state index is 0.275. The summed E-state index contributed by atoms with van der Waals surface area (Å²) < 4.78 is 2.63. The minimum atomic E-state index is -0.275. The number of aromatic nitrogens is 3. The molecule has 116 valence electrons. The molecule has 0 aliphatic rings. The number of urea groups is 1. The maximum Gasteiger partial charge on any atom is 0.319 e. The average Bonchev–Trinajstić information content (AvgIpc) is 3.10. The first-order valence-electron chi connectivity index (χ1n) is 6.97. The number of hydrogen-bond acceptors (Lipinski definition) is 3. The Morgan fingerprint density at radius 3 is 2.70 bits per heavy atom. The first kappa shape index (κ1) is 15.2. The SMILES string of the molecule is O=C(NCc1cccnc1-n1cccn1)Nc1ccc(Br)cc1. The van der Waals surface area contributed by atoms with E-state index in [2.05, 4.69) is 36.6 Å². The zero-order chi connectivity index (χ0) is 16.1. The molecule has 0 fully saturated rings. The first-order chi connectivity index (χ1) is 11.2. The number of halogens is 1. The highest BCUT2D eigenvalue weighted by Crippen LogP contribution is 2.14. The molecular formula is C16H14BrN5O. The Morgan fingerprint density at radius 2 is 1.96 bits per heavy atom. The van der Waals surface area contributed by atoms with Crippen LogP contribution in [0.4, 0.5) is 10.5 Å². The fourth-order valence-electron chi connectivity index (χ4n) is 2.05. The molecule has 0 aliphatic heterocycles. The zero-order valence-corrected chi connectivity index (χ0v) is 13.7. The molecule has 0 bridgehead atoms. The van der Waals surface area contributed by atoms with Gasteiger partial charge in [0, 0.05) is 40.9 Å². The molecule has 6 nitrogen and oxygen atoms in total. The van der Waals surface area contributed by atoms with Crippen LogP contribution in [-0.2, 0) is 6.54 Å². The van der Waals surface area contributed by atoms with Crippen LogP contribution >= 0.6 is 15.9 Å². The van der Waals surface area contributed by atoms with Crippen LogP contribution in [0.2, 0.25) is 0 Å². The monoisotopic (exact) mass is 371 g/mol. The number of hydrogen-bond donors (Lipinski definition) is 2. The summed E-state index contributed by atoms with van der Waals surface area (Å²) in [6, 6.07) is 12.7. The Balaban J connectivity index is 1.64. The third kappa shape index (κ3) is 3.95. The zero-order valence-electron chi connectivity index (χ0n) is 12.1. The normalized spacial score (nSPS) is 10.3. The van der Waals surface area contributed by atoms with Gasteiger partial charge in [-0.1, -0.05) is 22.0 Å². The predicted molar refractivity (Wildman–Crippen MR) is 91.4 cm³/mol. The van der Waals surface area contributed by atoms with Crippen LogP contribution in [0.3, 0.4) is 0 Å². The van der Waals surface area contributed by atoms with Gasteiger partial charge in [0.05, 0.1) is 0 Å². The number of carbonyl (C=O) groups is 1. The molecule has 0 radical (unpaired) electrons. The summed E-state index contributed by atoms with van der Waals surface area (Å²) in [6.07, 6.45) is 5.20. The van der Waals surface area contributed by atoms with E-state index in [1.54, 1.807) is 17.1 Å². The predicted octanol–water partition coefficient (Wildman–Crippen LogP) is 3.35. The third-order valence-electron chi connectivity index (χ3n) is 3.13. The number of pyridine rings is 1. The number of anilines is 1. The van der Waals surface area contributed by atoms with Crippen molar-refractivity contribution in [3.8, 4) is 5.82 Å². The number of amides is 2. The molecule has 2 N–H and O–H groups in total. The van der Waals surface area contributed by atoms with E-state index in [0.29, 0.717) is 12.4 Å². The molecule has 1 aromatic carbocycles. The largest absolute Gasteiger partial charge is 0.334 e.